The molecule has 2 fully saturated rings. The van der Waals surface area contributed by atoms with Gasteiger partial charge in [0.15, 0.2) is 5.96 Å². The van der Waals surface area contributed by atoms with Crippen molar-refractivity contribution in [2.24, 2.45) is 10.9 Å². The first-order chi connectivity index (χ1) is 12.7. The van der Waals surface area contributed by atoms with Gasteiger partial charge in [-0.15, -0.1) is 11.8 Å². The summed E-state index contributed by atoms with van der Waals surface area (Å²) in [5.41, 5.74) is 0. The second-order valence-corrected chi connectivity index (χ2v) is 8.35. The molecule has 0 bridgehead atoms. The number of hydrogen-bond acceptors (Lipinski definition) is 3. The van der Waals surface area contributed by atoms with Crippen LogP contribution in [0, 0.1) is 11.7 Å². The van der Waals surface area contributed by atoms with E-state index in [1.165, 1.54) is 44.5 Å². The Labute approximate surface area is 161 Å². The van der Waals surface area contributed by atoms with Crippen molar-refractivity contribution in [2.45, 2.75) is 43.5 Å². The molecule has 1 unspecified atom stereocenters. The predicted octanol–water partition coefficient (Wildman–Crippen LogP) is 3.35. The monoisotopic (exact) mass is 378 g/mol. The van der Waals surface area contributed by atoms with Gasteiger partial charge in [-0.3, -0.25) is 4.99 Å². The molecule has 4 nitrogen and oxygen atoms in total. The molecule has 1 atom stereocenters. The van der Waals surface area contributed by atoms with Gasteiger partial charge < -0.3 is 15.5 Å². The Morgan fingerprint density at radius 3 is 2.77 bits per heavy atom. The molecule has 0 amide bonds. The summed E-state index contributed by atoms with van der Waals surface area (Å²) in [4.78, 5) is 8.56. The van der Waals surface area contributed by atoms with Gasteiger partial charge in [-0.1, -0.05) is 0 Å². The Morgan fingerprint density at radius 1 is 1.23 bits per heavy atom. The number of nitrogens with zero attached hydrogens (tertiary/aromatic N) is 2. The first-order valence-electron chi connectivity index (χ1n) is 9.89. The highest BCUT2D eigenvalue weighted by Gasteiger charge is 2.34. The van der Waals surface area contributed by atoms with Crippen molar-refractivity contribution < 1.29 is 4.39 Å². The van der Waals surface area contributed by atoms with Gasteiger partial charge in [0.2, 0.25) is 0 Å². The summed E-state index contributed by atoms with van der Waals surface area (Å²) in [5, 5.41) is 6.78. The Kier molecular flexibility index (Phi) is 7.62. The van der Waals surface area contributed by atoms with Crippen LogP contribution in [0.4, 0.5) is 4.39 Å². The maximum absolute atomic E-state index is 12.9. The molecule has 6 heteroatoms. The average Bonchev–Trinajstić information content (AvgIpc) is 3.39. The minimum absolute atomic E-state index is 0.176. The zero-order valence-electron chi connectivity index (χ0n) is 15.7. The van der Waals surface area contributed by atoms with Crippen molar-refractivity contribution >= 4 is 17.7 Å². The quantitative estimate of drug-likeness (QED) is 0.299. The van der Waals surface area contributed by atoms with Crippen LogP contribution >= 0.6 is 11.8 Å². The topological polar surface area (TPSA) is 39.7 Å². The van der Waals surface area contributed by atoms with Gasteiger partial charge in [-0.05, 0) is 75.1 Å². The van der Waals surface area contributed by atoms with E-state index in [1.807, 2.05) is 12.1 Å². The highest BCUT2D eigenvalue weighted by molar-refractivity contribution is 7.99. The number of rotatable bonds is 9. The number of thioether (sulfide) groups is 1. The third kappa shape index (κ3) is 6.47. The molecule has 1 aromatic carbocycles. The van der Waals surface area contributed by atoms with Crippen LogP contribution in [-0.4, -0.2) is 55.4 Å². The molecule has 0 aromatic heterocycles. The standard InChI is InChI=1S/C20H31FN4S/c1-2-22-20(24-14-16-10-12-25(15-16)18-6-7-18)23-11-3-13-26-19-8-4-17(21)5-9-19/h4-5,8-9,16,18H,2-3,6-7,10-15H2,1H3,(H2,22,23,24). The van der Waals surface area contributed by atoms with Crippen molar-refractivity contribution in [3.05, 3.63) is 30.1 Å². The number of halogens is 1. The lowest BCUT2D eigenvalue weighted by atomic mass is 10.1. The van der Waals surface area contributed by atoms with Crippen molar-refractivity contribution in [3.8, 4) is 0 Å². The summed E-state index contributed by atoms with van der Waals surface area (Å²) in [6.07, 6.45) is 5.13. The lowest BCUT2D eigenvalue weighted by molar-refractivity contribution is 0.315. The minimum atomic E-state index is -0.176. The molecule has 1 saturated heterocycles. The summed E-state index contributed by atoms with van der Waals surface area (Å²) in [6, 6.07) is 7.60. The minimum Gasteiger partial charge on any atom is -0.357 e. The molecule has 3 rings (SSSR count). The second-order valence-electron chi connectivity index (χ2n) is 7.18. The highest BCUT2D eigenvalue weighted by Crippen LogP contribution is 2.31. The van der Waals surface area contributed by atoms with Crippen molar-refractivity contribution in [1.29, 1.82) is 0 Å². The third-order valence-corrected chi connectivity index (χ3v) is 6.03. The largest absolute Gasteiger partial charge is 0.357 e. The summed E-state index contributed by atoms with van der Waals surface area (Å²) in [7, 11) is 0. The van der Waals surface area contributed by atoms with Crippen LogP contribution in [-0.2, 0) is 0 Å². The van der Waals surface area contributed by atoms with Gasteiger partial charge >= 0.3 is 0 Å². The molecule has 0 spiro atoms. The van der Waals surface area contributed by atoms with Crippen LogP contribution < -0.4 is 10.6 Å². The van der Waals surface area contributed by atoms with Gasteiger partial charge in [-0.25, -0.2) is 4.39 Å². The van der Waals surface area contributed by atoms with Crippen LogP contribution in [0.2, 0.25) is 0 Å². The fourth-order valence-electron chi connectivity index (χ4n) is 3.34. The Hall–Kier alpha value is -1.27. The van der Waals surface area contributed by atoms with Crippen molar-refractivity contribution in [2.75, 3.05) is 38.5 Å². The van der Waals surface area contributed by atoms with Gasteiger partial charge in [-0.2, -0.15) is 0 Å². The molecular weight excluding hydrogens is 347 g/mol. The fourth-order valence-corrected chi connectivity index (χ4v) is 4.20. The molecule has 2 aliphatic rings. The molecule has 2 N–H and O–H groups in total. The van der Waals surface area contributed by atoms with Gasteiger partial charge in [0, 0.05) is 37.1 Å². The first-order valence-corrected chi connectivity index (χ1v) is 10.9. The fraction of sp³-hybridized carbons (Fsp3) is 0.650. The molecule has 1 aliphatic heterocycles. The average molecular weight is 379 g/mol. The second kappa shape index (κ2) is 10.2. The van der Waals surface area contributed by atoms with Gasteiger partial charge in [0.05, 0.1) is 0 Å². The zero-order valence-corrected chi connectivity index (χ0v) is 16.5. The third-order valence-electron chi connectivity index (χ3n) is 4.93. The summed E-state index contributed by atoms with van der Waals surface area (Å²) in [6.45, 7) is 7.29. The predicted molar refractivity (Wildman–Crippen MR) is 108 cm³/mol. The molecule has 144 valence electrons. The van der Waals surface area contributed by atoms with Crippen molar-refractivity contribution in [1.82, 2.24) is 15.5 Å². The van der Waals surface area contributed by atoms with E-state index in [9.17, 15) is 4.39 Å². The molecule has 1 saturated carbocycles. The molecule has 1 aliphatic carbocycles. The number of benzene rings is 1. The van der Waals surface area contributed by atoms with E-state index in [4.69, 9.17) is 4.99 Å². The van der Waals surface area contributed by atoms with E-state index in [2.05, 4.69) is 22.5 Å². The lowest BCUT2D eigenvalue weighted by Gasteiger charge is -2.15. The number of aliphatic imine (C=N–C) groups is 1. The SMILES string of the molecule is CCNC(=NCC1CCN(C2CC2)C1)NCCCSc1ccc(F)cc1. The van der Waals surface area contributed by atoms with Crippen LogP contribution in [0.5, 0.6) is 0 Å². The maximum Gasteiger partial charge on any atom is 0.191 e. The maximum atomic E-state index is 12.9. The summed E-state index contributed by atoms with van der Waals surface area (Å²) < 4.78 is 12.9. The van der Waals surface area contributed by atoms with E-state index >= 15 is 0 Å². The van der Waals surface area contributed by atoms with E-state index in [-0.39, 0.29) is 5.82 Å². The Morgan fingerprint density at radius 2 is 2.04 bits per heavy atom. The number of nitrogens with one attached hydrogen (secondary N) is 2. The molecular formula is C20H31FN4S. The first kappa shape index (κ1) is 19.5. The van der Waals surface area contributed by atoms with Gasteiger partial charge in [0.1, 0.15) is 5.82 Å². The number of hydrogen-bond donors (Lipinski definition) is 2. The summed E-state index contributed by atoms with van der Waals surface area (Å²) >= 11 is 1.76. The van der Waals surface area contributed by atoms with E-state index < -0.39 is 0 Å². The lowest BCUT2D eigenvalue weighted by Crippen LogP contribution is -2.38. The van der Waals surface area contributed by atoms with E-state index in [0.29, 0.717) is 5.92 Å². The smallest absolute Gasteiger partial charge is 0.191 e. The summed E-state index contributed by atoms with van der Waals surface area (Å²) in [5.74, 6) is 2.48. The number of guanidine groups is 1. The van der Waals surface area contributed by atoms with Crippen LogP contribution in [0.1, 0.15) is 32.6 Å². The molecule has 1 heterocycles. The zero-order chi connectivity index (χ0) is 18.2. The highest BCUT2D eigenvalue weighted by atomic mass is 32.2. The van der Waals surface area contributed by atoms with Crippen LogP contribution in [0.15, 0.2) is 34.2 Å². The van der Waals surface area contributed by atoms with Crippen LogP contribution in [0.25, 0.3) is 0 Å². The normalized spacial score (nSPS) is 21.2. The molecule has 1 aromatic rings. The van der Waals surface area contributed by atoms with Crippen molar-refractivity contribution in [3.63, 3.8) is 0 Å². The number of likely N-dealkylation sites (tertiary alicyclic amines) is 1. The van der Waals surface area contributed by atoms with Gasteiger partial charge in [0.25, 0.3) is 0 Å². The van der Waals surface area contributed by atoms with Crippen LogP contribution in [0.3, 0.4) is 0 Å². The van der Waals surface area contributed by atoms with E-state index in [1.54, 1.807) is 11.8 Å². The van der Waals surface area contributed by atoms with E-state index in [0.717, 1.165) is 48.7 Å². The Bertz CT molecular complexity index is 574. The Balaban J connectivity index is 1.32. The molecule has 26 heavy (non-hydrogen) atoms. The molecule has 0 radical (unpaired) electrons.